The smallest absolute Gasteiger partial charge is 0.316 e. The molecule has 0 spiro atoms. The van der Waals surface area contributed by atoms with Crippen LogP contribution < -0.4 is 9.47 Å². The quantitative estimate of drug-likeness (QED) is 0.818. The second-order valence-corrected chi connectivity index (χ2v) is 4.62. The van der Waals surface area contributed by atoms with Gasteiger partial charge in [-0.25, -0.2) is 0 Å². The van der Waals surface area contributed by atoms with Gasteiger partial charge in [0.1, 0.15) is 17.4 Å². The minimum absolute atomic E-state index is 0.338. The summed E-state index contributed by atoms with van der Waals surface area (Å²) in [5.74, 6) is -1.02. The lowest BCUT2D eigenvalue weighted by molar-refractivity contribution is -0.147. The molecule has 1 aliphatic heterocycles. The fourth-order valence-electron chi connectivity index (χ4n) is 2.31. The van der Waals surface area contributed by atoms with E-state index >= 15 is 0 Å². The fraction of sp³-hybridized carbons (Fsp3) is 0.429. The van der Waals surface area contributed by atoms with Crippen LogP contribution in [0.3, 0.4) is 0 Å². The Bertz CT molecular complexity index is 528. The third-order valence-corrected chi connectivity index (χ3v) is 3.45. The van der Waals surface area contributed by atoms with Crippen molar-refractivity contribution in [3.05, 3.63) is 23.8 Å². The number of carboxylic acid groups (broad SMARTS) is 1. The lowest BCUT2D eigenvalue weighted by Crippen LogP contribution is -2.30. The second-order valence-electron chi connectivity index (χ2n) is 4.62. The molecule has 0 radical (unpaired) electrons. The SMILES string of the molecule is COc1ccc(CN2CC[C@@H](C(=O)O)C2=O)c(OC)c1. The van der Waals surface area contributed by atoms with E-state index in [-0.39, 0.29) is 5.91 Å². The maximum atomic E-state index is 12.0. The highest BCUT2D eigenvalue weighted by Gasteiger charge is 2.36. The number of amides is 1. The third kappa shape index (κ3) is 2.68. The van der Waals surface area contributed by atoms with Crippen molar-refractivity contribution in [2.75, 3.05) is 20.8 Å². The van der Waals surface area contributed by atoms with Gasteiger partial charge in [-0.2, -0.15) is 0 Å². The van der Waals surface area contributed by atoms with Gasteiger partial charge in [0.05, 0.1) is 14.2 Å². The van der Waals surface area contributed by atoms with Crippen LogP contribution in [0.15, 0.2) is 18.2 Å². The van der Waals surface area contributed by atoms with Crippen LogP contribution in [0.25, 0.3) is 0 Å². The Hall–Kier alpha value is -2.24. The van der Waals surface area contributed by atoms with Crippen molar-refractivity contribution in [3.8, 4) is 11.5 Å². The number of benzene rings is 1. The van der Waals surface area contributed by atoms with Gasteiger partial charge in [0.2, 0.25) is 5.91 Å². The van der Waals surface area contributed by atoms with Crippen LogP contribution >= 0.6 is 0 Å². The van der Waals surface area contributed by atoms with Crippen molar-refractivity contribution >= 4 is 11.9 Å². The molecule has 1 fully saturated rings. The summed E-state index contributed by atoms with van der Waals surface area (Å²) >= 11 is 0. The molecule has 1 aliphatic rings. The number of likely N-dealkylation sites (tertiary alicyclic amines) is 1. The maximum Gasteiger partial charge on any atom is 0.316 e. The van der Waals surface area contributed by atoms with E-state index in [1.807, 2.05) is 6.07 Å². The molecule has 108 valence electrons. The number of carbonyl (C=O) groups is 2. The topological polar surface area (TPSA) is 76.1 Å². The lowest BCUT2D eigenvalue weighted by Gasteiger charge is -2.18. The molecule has 0 aliphatic carbocycles. The van der Waals surface area contributed by atoms with Crippen LogP contribution in [-0.2, 0) is 16.1 Å². The van der Waals surface area contributed by atoms with E-state index in [0.717, 1.165) is 5.56 Å². The van der Waals surface area contributed by atoms with Crippen LogP contribution in [0.2, 0.25) is 0 Å². The van der Waals surface area contributed by atoms with Gasteiger partial charge in [-0.3, -0.25) is 9.59 Å². The largest absolute Gasteiger partial charge is 0.497 e. The van der Waals surface area contributed by atoms with E-state index in [9.17, 15) is 9.59 Å². The molecule has 6 heteroatoms. The van der Waals surface area contributed by atoms with Gasteiger partial charge in [0.25, 0.3) is 0 Å². The number of carboxylic acids is 1. The Morgan fingerprint density at radius 3 is 2.70 bits per heavy atom. The maximum absolute atomic E-state index is 12.0. The summed E-state index contributed by atoms with van der Waals surface area (Å²) in [6, 6.07) is 5.34. The summed E-state index contributed by atoms with van der Waals surface area (Å²) in [5.41, 5.74) is 0.827. The van der Waals surface area contributed by atoms with E-state index < -0.39 is 11.9 Å². The molecule has 0 bridgehead atoms. The molecule has 1 atom stereocenters. The second kappa shape index (κ2) is 5.81. The zero-order chi connectivity index (χ0) is 14.7. The molecule has 0 aromatic heterocycles. The predicted octanol–water partition coefficient (Wildman–Crippen LogP) is 1.14. The Labute approximate surface area is 116 Å². The molecule has 1 aromatic rings. The van der Waals surface area contributed by atoms with Crippen LogP contribution in [-0.4, -0.2) is 42.6 Å². The van der Waals surface area contributed by atoms with Gasteiger partial charge in [-0.05, 0) is 18.6 Å². The zero-order valence-corrected chi connectivity index (χ0v) is 11.5. The molecule has 1 amide bonds. The molecule has 0 unspecified atom stereocenters. The average molecular weight is 279 g/mol. The number of ether oxygens (including phenoxy) is 2. The number of methoxy groups -OCH3 is 2. The Morgan fingerprint density at radius 2 is 2.15 bits per heavy atom. The van der Waals surface area contributed by atoms with Crippen molar-refractivity contribution in [3.63, 3.8) is 0 Å². The molecule has 1 aromatic carbocycles. The summed E-state index contributed by atoms with van der Waals surface area (Å²) in [4.78, 5) is 24.4. The van der Waals surface area contributed by atoms with Crippen molar-refractivity contribution in [1.82, 2.24) is 4.90 Å². The fourth-order valence-corrected chi connectivity index (χ4v) is 2.31. The van der Waals surface area contributed by atoms with Gasteiger partial charge >= 0.3 is 5.97 Å². The van der Waals surface area contributed by atoms with Gasteiger partial charge < -0.3 is 19.5 Å². The Morgan fingerprint density at radius 1 is 1.40 bits per heavy atom. The molecular formula is C14H17NO5. The van der Waals surface area contributed by atoms with E-state index in [4.69, 9.17) is 14.6 Å². The van der Waals surface area contributed by atoms with Gasteiger partial charge in [-0.15, -0.1) is 0 Å². The first kappa shape index (κ1) is 14.2. The van der Waals surface area contributed by atoms with E-state index in [0.29, 0.717) is 31.0 Å². The highest BCUT2D eigenvalue weighted by atomic mass is 16.5. The number of hydrogen-bond donors (Lipinski definition) is 1. The van der Waals surface area contributed by atoms with Crippen LogP contribution in [0.4, 0.5) is 0 Å². The van der Waals surface area contributed by atoms with Crippen molar-refractivity contribution in [2.45, 2.75) is 13.0 Å². The van der Waals surface area contributed by atoms with Crippen molar-refractivity contribution in [2.24, 2.45) is 5.92 Å². The van der Waals surface area contributed by atoms with Crippen LogP contribution in [0, 0.1) is 5.92 Å². The van der Waals surface area contributed by atoms with Crippen LogP contribution in [0.5, 0.6) is 11.5 Å². The molecule has 0 saturated carbocycles. The molecule has 20 heavy (non-hydrogen) atoms. The molecular weight excluding hydrogens is 262 g/mol. The van der Waals surface area contributed by atoms with Crippen LogP contribution in [0.1, 0.15) is 12.0 Å². The number of nitrogens with zero attached hydrogens (tertiary/aromatic N) is 1. The predicted molar refractivity (Wildman–Crippen MR) is 70.7 cm³/mol. The number of rotatable bonds is 5. The molecule has 1 saturated heterocycles. The van der Waals surface area contributed by atoms with Gasteiger partial charge in [0, 0.05) is 24.7 Å². The minimum Gasteiger partial charge on any atom is -0.497 e. The van der Waals surface area contributed by atoms with Crippen molar-refractivity contribution < 1.29 is 24.2 Å². The summed E-state index contributed by atoms with van der Waals surface area (Å²) in [7, 11) is 3.11. The summed E-state index contributed by atoms with van der Waals surface area (Å²) in [5, 5.41) is 8.95. The van der Waals surface area contributed by atoms with Gasteiger partial charge in [0.15, 0.2) is 0 Å². The highest BCUT2D eigenvalue weighted by molar-refractivity contribution is 5.98. The van der Waals surface area contributed by atoms with Gasteiger partial charge in [-0.1, -0.05) is 0 Å². The number of aliphatic carboxylic acids is 1. The Balaban J connectivity index is 2.15. The highest BCUT2D eigenvalue weighted by Crippen LogP contribution is 2.28. The first-order chi connectivity index (χ1) is 9.56. The summed E-state index contributed by atoms with van der Waals surface area (Å²) in [6.07, 6.45) is 0.354. The minimum atomic E-state index is -1.06. The lowest BCUT2D eigenvalue weighted by atomic mass is 10.1. The standard InChI is InChI=1S/C14H17NO5/c1-19-10-4-3-9(12(7-10)20-2)8-15-6-5-11(13(15)16)14(17)18/h3-4,7,11H,5-6,8H2,1-2H3,(H,17,18)/t11-/m1/s1. The zero-order valence-electron chi connectivity index (χ0n) is 11.5. The first-order valence-electron chi connectivity index (χ1n) is 6.29. The third-order valence-electron chi connectivity index (χ3n) is 3.45. The van der Waals surface area contributed by atoms with E-state index in [1.165, 1.54) is 0 Å². The van der Waals surface area contributed by atoms with E-state index in [1.54, 1.807) is 31.3 Å². The summed E-state index contributed by atoms with van der Waals surface area (Å²) in [6.45, 7) is 0.792. The van der Waals surface area contributed by atoms with Crippen molar-refractivity contribution in [1.29, 1.82) is 0 Å². The molecule has 1 N–H and O–H groups in total. The molecule has 2 rings (SSSR count). The molecule has 6 nitrogen and oxygen atoms in total. The van der Waals surface area contributed by atoms with E-state index in [2.05, 4.69) is 0 Å². The monoisotopic (exact) mass is 279 g/mol. The number of hydrogen-bond acceptors (Lipinski definition) is 4. The summed E-state index contributed by atoms with van der Waals surface area (Å²) < 4.78 is 10.4. The Kier molecular flexibility index (Phi) is 4.12. The first-order valence-corrected chi connectivity index (χ1v) is 6.29. The number of carbonyl (C=O) groups excluding carboxylic acids is 1. The normalized spacial score (nSPS) is 18.2. The molecule has 1 heterocycles. The average Bonchev–Trinajstić information content (AvgIpc) is 2.80.